The average molecular weight is 581 g/mol. The standard InChI is InChI=1S/C30H36N4O6S/c1-4-33-24-12-8-7-11-23(24)30(29(33)38)25(27(36)28(37)34(30)20-19-31(2)3)26(35)21-13-15-22(16-14-21)41(39,40)32-17-9-5-6-10-18-32/h7-8,11-16,35H,4-6,9-10,17-20H2,1-3H3. The van der Waals surface area contributed by atoms with Crippen molar-refractivity contribution >= 4 is 39.1 Å². The molecule has 2 saturated heterocycles. The van der Waals surface area contributed by atoms with E-state index in [9.17, 15) is 27.9 Å². The highest BCUT2D eigenvalue weighted by Gasteiger charge is 2.66. The molecule has 11 heteroatoms. The van der Waals surface area contributed by atoms with Crippen LogP contribution in [0.5, 0.6) is 0 Å². The van der Waals surface area contributed by atoms with Gasteiger partial charge in [0.25, 0.3) is 17.6 Å². The van der Waals surface area contributed by atoms with Gasteiger partial charge >= 0.3 is 0 Å². The van der Waals surface area contributed by atoms with Gasteiger partial charge in [-0.1, -0.05) is 31.0 Å². The molecule has 0 aromatic heterocycles. The van der Waals surface area contributed by atoms with Crippen LogP contribution < -0.4 is 4.90 Å². The average Bonchev–Trinajstić information content (AvgIpc) is 3.17. The smallest absolute Gasteiger partial charge is 0.296 e. The molecule has 2 amide bonds. The number of Topliss-reactive ketones (excluding diaryl/α,β-unsaturated/α-hetero) is 1. The number of carbonyl (C=O) groups is 3. The number of fused-ring (bicyclic) bond motifs is 2. The summed E-state index contributed by atoms with van der Waals surface area (Å²) in [6.07, 6.45) is 3.58. The Labute approximate surface area is 240 Å². The molecular formula is C30H36N4O6S. The third kappa shape index (κ3) is 4.56. The number of anilines is 1. The first-order valence-electron chi connectivity index (χ1n) is 14.0. The number of aliphatic hydroxyl groups is 1. The summed E-state index contributed by atoms with van der Waals surface area (Å²) >= 11 is 0. The van der Waals surface area contributed by atoms with Gasteiger partial charge in [0.15, 0.2) is 5.54 Å². The predicted molar refractivity (Wildman–Crippen MR) is 155 cm³/mol. The Hall–Kier alpha value is -3.54. The first-order valence-corrected chi connectivity index (χ1v) is 15.5. The second-order valence-electron chi connectivity index (χ2n) is 10.9. The van der Waals surface area contributed by atoms with Gasteiger partial charge in [-0.2, -0.15) is 4.31 Å². The van der Waals surface area contributed by atoms with Gasteiger partial charge in [-0.3, -0.25) is 14.4 Å². The number of aliphatic hydroxyl groups excluding tert-OH is 1. The number of rotatable bonds is 7. The summed E-state index contributed by atoms with van der Waals surface area (Å²) in [4.78, 5) is 46.1. The van der Waals surface area contributed by atoms with E-state index >= 15 is 0 Å². The summed E-state index contributed by atoms with van der Waals surface area (Å²) in [6.45, 7) is 3.49. The largest absolute Gasteiger partial charge is 0.507 e. The van der Waals surface area contributed by atoms with Gasteiger partial charge in [0, 0.05) is 43.9 Å². The van der Waals surface area contributed by atoms with E-state index in [1.807, 2.05) is 25.9 Å². The molecule has 5 rings (SSSR count). The number of ketones is 1. The predicted octanol–water partition coefficient (Wildman–Crippen LogP) is 2.76. The highest BCUT2D eigenvalue weighted by molar-refractivity contribution is 7.89. The van der Waals surface area contributed by atoms with Gasteiger partial charge in [-0.25, -0.2) is 8.42 Å². The number of carbonyl (C=O) groups excluding carboxylic acids is 3. The van der Waals surface area contributed by atoms with Crippen LogP contribution in [-0.2, 0) is 29.9 Å². The molecule has 41 heavy (non-hydrogen) atoms. The number of likely N-dealkylation sites (N-methyl/N-ethyl adjacent to an activating group) is 2. The second-order valence-corrected chi connectivity index (χ2v) is 12.9. The van der Waals surface area contributed by atoms with Gasteiger partial charge in [-0.15, -0.1) is 0 Å². The Balaban J connectivity index is 1.65. The third-order valence-electron chi connectivity index (χ3n) is 8.23. The summed E-state index contributed by atoms with van der Waals surface area (Å²) in [5, 5.41) is 11.7. The van der Waals surface area contributed by atoms with Crippen molar-refractivity contribution < 1.29 is 27.9 Å². The number of likely N-dealkylation sites (tertiary alicyclic amines) is 1. The van der Waals surface area contributed by atoms with Crippen LogP contribution in [0.1, 0.15) is 43.7 Å². The fourth-order valence-electron chi connectivity index (χ4n) is 6.14. The molecule has 2 aromatic rings. The van der Waals surface area contributed by atoms with Crippen molar-refractivity contribution in [1.29, 1.82) is 0 Å². The van der Waals surface area contributed by atoms with Crippen LogP contribution >= 0.6 is 0 Å². The first-order chi connectivity index (χ1) is 19.6. The molecular weight excluding hydrogens is 544 g/mol. The minimum Gasteiger partial charge on any atom is -0.507 e. The molecule has 3 aliphatic rings. The van der Waals surface area contributed by atoms with E-state index in [4.69, 9.17) is 0 Å². The highest BCUT2D eigenvalue weighted by Crippen LogP contribution is 2.53. The molecule has 0 aliphatic carbocycles. The summed E-state index contributed by atoms with van der Waals surface area (Å²) in [5.41, 5.74) is -0.978. The molecule has 10 nitrogen and oxygen atoms in total. The zero-order valence-electron chi connectivity index (χ0n) is 23.7. The number of hydrogen-bond donors (Lipinski definition) is 1. The van der Waals surface area contributed by atoms with E-state index < -0.39 is 38.9 Å². The quantitative estimate of drug-likeness (QED) is 0.304. The van der Waals surface area contributed by atoms with E-state index in [1.54, 1.807) is 24.3 Å². The SMILES string of the molecule is CCN1C(=O)C2(C(=C(O)c3ccc(S(=O)(=O)N4CCCCCC4)cc3)C(=O)C(=O)N2CCN(C)C)c2ccccc21. The van der Waals surface area contributed by atoms with Crippen LogP contribution in [0.15, 0.2) is 59.0 Å². The fraction of sp³-hybridized carbons (Fsp3) is 0.433. The van der Waals surface area contributed by atoms with Crippen LogP contribution in [0.25, 0.3) is 5.76 Å². The van der Waals surface area contributed by atoms with Crippen molar-refractivity contribution in [3.63, 3.8) is 0 Å². The van der Waals surface area contributed by atoms with E-state index in [0.717, 1.165) is 25.7 Å². The summed E-state index contributed by atoms with van der Waals surface area (Å²) < 4.78 is 28.1. The number of nitrogens with zero attached hydrogens (tertiary/aromatic N) is 4. The van der Waals surface area contributed by atoms with Gasteiger partial charge in [0.05, 0.1) is 16.2 Å². The third-order valence-corrected chi connectivity index (χ3v) is 10.1. The highest BCUT2D eigenvalue weighted by atomic mass is 32.2. The minimum atomic E-state index is -3.73. The van der Waals surface area contributed by atoms with E-state index in [2.05, 4.69) is 0 Å². The molecule has 1 atom stereocenters. The number of hydrogen-bond acceptors (Lipinski definition) is 7. The van der Waals surface area contributed by atoms with Crippen molar-refractivity contribution in [1.82, 2.24) is 14.1 Å². The van der Waals surface area contributed by atoms with Crippen molar-refractivity contribution in [3.8, 4) is 0 Å². The molecule has 1 unspecified atom stereocenters. The lowest BCUT2D eigenvalue weighted by molar-refractivity contribution is -0.143. The summed E-state index contributed by atoms with van der Waals surface area (Å²) in [6, 6.07) is 12.6. The lowest BCUT2D eigenvalue weighted by Crippen LogP contribution is -2.53. The molecule has 3 heterocycles. The molecule has 218 valence electrons. The van der Waals surface area contributed by atoms with Crippen LogP contribution in [0.4, 0.5) is 5.69 Å². The summed E-state index contributed by atoms with van der Waals surface area (Å²) in [7, 11) is -0.0781. The van der Waals surface area contributed by atoms with Crippen molar-refractivity contribution in [2.75, 3.05) is 51.7 Å². The first kappa shape index (κ1) is 29.0. The van der Waals surface area contributed by atoms with E-state index in [0.29, 0.717) is 37.4 Å². The molecule has 0 bridgehead atoms. The Morgan fingerprint density at radius 2 is 1.59 bits per heavy atom. The number of benzene rings is 2. The van der Waals surface area contributed by atoms with Crippen LogP contribution in [0.3, 0.4) is 0 Å². The maximum absolute atomic E-state index is 14.2. The second kappa shape index (κ2) is 11.0. The maximum Gasteiger partial charge on any atom is 0.296 e. The van der Waals surface area contributed by atoms with Crippen molar-refractivity contribution in [2.24, 2.45) is 0 Å². The Bertz CT molecular complexity index is 1510. The lowest BCUT2D eigenvalue weighted by Gasteiger charge is -2.35. The molecule has 2 fully saturated rings. The zero-order chi connectivity index (χ0) is 29.5. The maximum atomic E-state index is 14.2. The molecule has 0 saturated carbocycles. The zero-order valence-corrected chi connectivity index (χ0v) is 24.5. The topological polar surface area (TPSA) is 119 Å². The van der Waals surface area contributed by atoms with Gasteiger partial charge in [0.1, 0.15) is 5.76 Å². The normalized spacial score (nSPS) is 23.1. The van der Waals surface area contributed by atoms with Gasteiger partial charge < -0.3 is 19.8 Å². The molecule has 2 aromatic carbocycles. The van der Waals surface area contributed by atoms with E-state index in [-0.39, 0.29) is 22.6 Å². The molecule has 0 radical (unpaired) electrons. The minimum absolute atomic E-state index is 0.0801. The Morgan fingerprint density at radius 3 is 2.20 bits per heavy atom. The van der Waals surface area contributed by atoms with Gasteiger partial charge in [0.2, 0.25) is 10.0 Å². The van der Waals surface area contributed by atoms with Crippen molar-refractivity contribution in [3.05, 3.63) is 65.2 Å². The lowest BCUT2D eigenvalue weighted by atomic mass is 9.82. The number of sulfonamides is 1. The Morgan fingerprint density at radius 1 is 0.951 bits per heavy atom. The monoisotopic (exact) mass is 580 g/mol. The van der Waals surface area contributed by atoms with Crippen LogP contribution in [0, 0.1) is 0 Å². The number of para-hydroxylation sites is 1. The number of amides is 2. The molecule has 3 aliphatic heterocycles. The van der Waals surface area contributed by atoms with E-state index in [1.165, 1.54) is 38.4 Å². The van der Waals surface area contributed by atoms with Crippen LogP contribution in [0.2, 0.25) is 0 Å². The fourth-order valence-corrected chi connectivity index (χ4v) is 7.66. The molecule has 1 N–H and O–H groups in total. The molecule has 1 spiro atoms. The van der Waals surface area contributed by atoms with Gasteiger partial charge in [-0.05, 0) is 64.2 Å². The summed E-state index contributed by atoms with van der Waals surface area (Å²) in [5.74, 6) is -2.82. The Kier molecular flexibility index (Phi) is 7.80. The van der Waals surface area contributed by atoms with Crippen LogP contribution in [-0.4, -0.2) is 92.0 Å². The van der Waals surface area contributed by atoms with Crippen molar-refractivity contribution in [2.45, 2.75) is 43.0 Å².